The molecule has 1 aromatic carbocycles. The van der Waals surface area contributed by atoms with Gasteiger partial charge in [-0.25, -0.2) is 4.79 Å². The number of carbonyl (C=O) groups excluding carboxylic acids is 1. The fourth-order valence-electron chi connectivity index (χ4n) is 2.23. The highest BCUT2D eigenvalue weighted by atomic mass is 35.5. The van der Waals surface area contributed by atoms with Gasteiger partial charge in [-0.15, -0.1) is 0 Å². The zero-order valence-electron chi connectivity index (χ0n) is 11.0. The molecule has 0 bridgehead atoms. The molecule has 1 aliphatic heterocycles. The summed E-state index contributed by atoms with van der Waals surface area (Å²) >= 11 is 6.25. The predicted octanol–water partition coefficient (Wildman–Crippen LogP) is 1.93. The molecule has 2 N–H and O–H groups in total. The van der Waals surface area contributed by atoms with Gasteiger partial charge in [0.25, 0.3) is 0 Å². The molecule has 19 heavy (non-hydrogen) atoms. The molecule has 0 aliphatic carbocycles. The van der Waals surface area contributed by atoms with Crippen molar-refractivity contribution >= 4 is 28.9 Å². The van der Waals surface area contributed by atoms with E-state index in [1.165, 1.54) is 7.11 Å². The third-order valence-corrected chi connectivity index (χ3v) is 3.34. The lowest BCUT2D eigenvalue weighted by atomic mass is 10.1. The molecule has 0 saturated carbocycles. The summed E-state index contributed by atoms with van der Waals surface area (Å²) in [5.41, 5.74) is 7.24. The summed E-state index contributed by atoms with van der Waals surface area (Å²) in [6.07, 6.45) is 0.0906. The number of morpholine rings is 1. The minimum atomic E-state index is -0.441. The van der Waals surface area contributed by atoms with E-state index < -0.39 is 5.97 Å². The lowest BCUT2D eigenvalue weighted by molar-refractivity contribution is 0.0522. The summed E-state index contributed by atoms with van der Waals surface area (Å²) < 4.78 is 10.3. The lowest BCUT2D eigenvalue weighted by Gasteiger charge is -2.34. The minimum Gasteiger partial charge on any atom is -0.465 e. The number of methoxy groups -OCH3 is 1. The van der Waals surface area contributed by atoms with Gasteiger partial charge < -0.3 is 20.1 Å². The summed E-state index contributed by atoms with van der Waals surface area (Å²) in [5, 5.41) is 0.453. The van der Waals surface area contributed by atoms with Crippen LogP contribution in [0.2, 0.25) is 5.02 Å². The highest BCUT2D eigenvalue weighted by Gasteiger charge is 2.25. The third kappa shape index (κ3) is 2.93. The van der Waals surface area contributed by atoms with Crippen LogP contribution in [0.1, 0.15) is 17.3 Å². The van der Waals surface area contributed by atoms with Gasteiger partial charge in [0.05, 0.1) is 36.1 Å². The van der Waals surface area contributed by atoms with Crippen LogP contribution in [0.25, 0.3) is 0 Å². The van der Waals surface area contributed by atoms with E-state index in [4.69, 9.17) is 26.8 Å². The maximum absolute atomic E-state index is 11.9. The topological polar surface area (TPSA) is 64.8 Å². The number of anilines is 2. The number of nitrogens with two attached hydrogens (primary N) is 1. The zero-order chi connectivity index (χ0) is 14.0. The maximum Gasteiger partial charge on any atom is 0.340 e. The molecule has 0 aromatic heterocycles. The highest BCUT2D eigenvalue weighted by molar-refractivity contribution is 6.34. The van der Waals surface area contributed by atoms with E-state index in [9.17, 15) is 4.79 Å². The number of carbonyl (C=O) groups is 1. The number of esters is 1. The van der Waals surface area contributed by atoms with Crippen molar-refractivity contribution < 1.29 is 14.3 Å². The van der Waals surface area contributed by atoms with Gasteiger partial charge >= 0.3 is 5.97 Å². The molecular weight excluding hydrogens is 268 g/mol. The molecule has 0 radical (unpaired) electrons. The molecule has 104 valence electrons. The molecule has 6 heteroatoms. The van der Waals surface area contributed by atoms with Gasteiger partial charge in [0.15, 0.2) is 0 Å². The predicted molar refractivity (Wildman–Crippen MR) is 74.8 cm³/mol. The average molecular weight is 285 g/mol. The number of nitrogen functional groups attached to an aromatic ring is 1. The average Bonchev–Trinajstić information content (AvgIpc) is 2.36. The van der Waals surface area contributed by atoms with Crippen molar-refractivity contribution in [3.8, 4) is 0 Å². The molecule has 1 aliphatic rings. The molecule has 1 fully saturated rings. The second kappa shape index (κ2) is 5.67. The fraction of sp³-hybridized carbons (Fsp3) is 0.462. The van der Waals surface area contributed by atoms with E-state index in [-0.39, 0.29) is 6.10 Å². The number of benzene rings is 1. The van der Waals surface area contributed by atoms with Gasteiger partial charge in [0, 0.05) is 18.8 Å². The summed E-state index contributed by atoms with van der Waals surface area (Å²) in [5.74, 6) is -0.441. The summed E-state index contributed by atoms with van der Waals surface area (Å²) in [4.78, 5) is 13.9. The van der Waals surface area contributed by atoms with Gasteiger partial charge in [-0.2, -0.15) is 0 Å². The fourth-order valence-corrected chi connectivity index (χ4v) is 2.58. The van der Waals surface area contributed by atoms with Crippen LogP contribution >= 0.6 is 11.6 Å². The van der Waals surface area contributed by atoms with Crippen LogP contribution in [0.3, 0.4) is 0 Å². The zero-order valence-corrected chi connectivity index (χ0v) is 11.7. The van der Waals surface area contributed by atoms with Crippen molar-refractivity contribution in [3.05, 3.63) is 22.7 Å². The van der Waals surface area contributed by atoms with Gasteiger partial charge in [0.2, 0.25) is 0 Å². The summed E-state index contributed by atoms with van der Waals surface area (Å²) in [6.45, 7) is 3.93. The second-order valence-corrected chi connectivity index (χ2v) is 4.93. The Morgan fingerprint density at radius 1 is 1.58 bits per heavy atom. The van der Waals surface area contributed by atoms with Crippen molar-refractivity contribution in [2.24, 2.45) is 0 Å². The molecule has 1 heterocycles. The van der Waals surface area contributed by atoms with Crippen molar-refractivity contribution in [2.45, 2.75) is 13.0 Å². The van der Waals surface area contributed by atoms with Crippen molar-refractivity contribution in [2.75, 3.05) is 37.4 Å². The van der Waals surface area contributed by atoms with Gasteiger partial charge in [-0.1, -0.05) is 11.6 Å². The quantitative estimate of drug-likeness (QED) is 0.664. The van der Waals surface area contributed by atoms with E-state index in [2.05, 4.69) is 0 Å². The standard InChI is InChI=1S/C13H17ClN2O3/c1-8-7-16(3-4-19-8)12-10(13(17)18-2)5-9(15)6-11(12)14/h5-6,8H,3-4,7,15H2,1-2H3. The summed E-state index contributed by atoms with van der Waals surface area (Å²) in [6, 6.07) is 3.23. The molecule has 1 saturated heterocycles. The van der Waals surface area contributed by atoms with E-state index in [1.54, 1.807) is 12.1 Å². The lowest BCUT2D eigenvalue weighted by Crippen LogP contribution is -2.42. The number of halogens is 1. The Hall–Kier alpha value is -1.46. The number of nitrogens with zero attached hydrogens (tertiary/aromatic N) is 1. The van der Waals surface area contributed by atoms with Crippen LogP contribution in [0.15, 0.2) is 12.1 Å². The number of hydrogen-bond donors (Lipinski definition) is 1. The second-order valence-electron chi connectivity index (χ2n) is 4.52. The Kier molecular flexibility index (Phi) is 4.17. The molecule has 1 unspecified atom stereocenters. The van der Waals surface area contributed by atoms with E-state index >= 15 is 0 Å². The Balaban J connectivity index is 2.45. The van der Waals surface area contributed by atoms with Crippen LogP contribution in [0.5, 0.6) is 0 Å². The number of ether oxygens (including phenoxy) is 2. The first-order valence-corrected chi connectivity index (χ1v) is 6.44. The molecule has 1 atom stereocenters. The van der Waals surface area contributed by atoms with Gasteiger partial charge in [-0.3, -0.25) is 0 Å². The van der Waals surface area contributed by atoms with Gasteiger partial charge in [0.1, 0.15) is 0 Å². The Morgan fingerprint density at radius 2 is 2.32 bits per heavy atom. The van der Waals surface area contributed by atoms with Crippen molar-refractivity contribution in [3.63, 3.8) is 0 Å². The first kappa shape index (κ1) is 14.0. The molecule has 2 rings (SSSR count). The van der Waals surface area contributed by atoms with Crippen molar-refractivity contribution in [1.82, 2.24) is 0 Å². The monoisotopic (exact) mass is 284 g/mol. The smallest absolute Gasteiger partial charge is 0.340 e. The normalized spacial score (nSPS) is 19.3. The maximum atomic E-state index is 11.9. The molecule has 0 spiro atoms. The summed E-state index contributed by atoms with van der Waals surface area (Å²) in [7, 11) is 1.34. The highest BCUT2D eigenvalue weighted by Crippen LogP contribution is 2.34. The van der Waals surface area contributed by atoms with Crippen LogP contribution < -0.4 is 10.6 Å². The SMILES string of the molecule is COC(=O)c1cc(N)cc(Cl)c1N1CCOC(C)C1. The van der Waals surface area contributed by atoms with E-state index in [1.807, 2.05) is 11.8 Å². The van der Waals surface area contributed by atoms with E-state index in [0.29, 0.717) is 41.7 Å². The van der Waals surface area contributed by atoms with Crippen LogP contribution in [-0.4, -0.2) is 38.9 Å². The molecule has 1 aromatic rings. The number of hydrogen-bond acceptors (Lipinski definition) is 5. The Bertz CT molecular complexity index is 493. The first-order chi connectivity index (χ1) is 9.02. The molecule has 5 nitrogen and oxygen atoms in total. The first-order valence-electron chi connectivity index (χ1n) is 6.06. The third-order valence-electron chi connectivity index (χ3n) is 3.05. The van der Waals surface area contributed by atoms with Crippen LogP contribution in [-0.2, 0) is 9.47 Å². The number of rotatable bonds is 2. The van der Waals surface area contributed by atoms with Gasteiger partial charge in [-0.05, 0) is 19.1 Å². The Morgan fingerprint density at radius 3 is 2.95 bits per heavy atom. The minimum absolute atomic E-state index is 0.0906. The molecule has 0 amide bonds. The largest absolute Gasteiger partial charge is 0.465 e. The Labute approximate surface area is 117 Å². The van der Waals surface area contributed by atoms with Crippen LogP contribution in [0, 0.1) is 0 Å². The van der Waals surface area contributed by atoms with E-state index in [0.717, 1.165) is 0 Å². The molecular formula is C13H17ClN2O3. The van der Waals surface area contributed by atoms with Crippen LogP contribution in [0.4, 0.5) is 11.4 Å². The van der Waals surface area contributed by atoms with Crippen molar-refractivity contribution in [1.29, 1.82) is 0 Å².